The standard InChI is InChI=1S/C24H23F3N4O4/c25-9-12-10-30(11-12)23(33)20-21(24(34)35)29-31-18(32)8-17(28-22(20)31)14-6-15(26)19(16(27)7-14)13-4-2-1-3-5-13/h6-8,12-13,28H,1-5,9-11H2,(H,34,35). The Kier molecular flexibility index (Phi) is 5.86. The van der Waals surface area contributed by atoms with E-state index in [4.69, 9.17) is 0 Å². The normalized spacial score (nSPS) is 17.1. The summed E-state index contributed by atoms with van der Waals surface area (Å²) in [6.45, 7) is -0.400. The second-order valence-corrected chi connectivity index (χ2v) is 9.23. The van der Waals surface area contributed by atoms with Gasteiger partial charge in [0.05, 0.1) is 12.4 Å². The van der Waals surface area contributed by atoms with Crippen LogP contribution in [0.15, 0.2) is 23.0 Å². The van der Waals surface area contributed by atoms with Crippen molar-refractivity contribution >= 4 is 17.5 Å². The molecule has 0 unspecified atom stereocenters. The van der Waals surface area contributed by atoms with Crippen molar-refractivity contribution in [3.63, 3.8) is 0 Å². The van der Waals surface area contributed by atoms with E-state index < -0.39 is 41.4 Å². The fraction of sp³-hybridized carbons (Fsp3) is 0.417. The number of hydrogen-bond acceptors (Lipinski definition) is 4. The third-order valence-corrected chi connectivity index (χ3v) is 6.90. The van der Waals surface area contributed by atoms with Gasteiger partial charge in [0.1, 0.15) is 17.2 Å². The zero-order valence-electron chi connectivity index (χ0n) is 18.7. The molecule has 0 spiro atoms. The van der Waals surface area contributed by atoms with Crippen LogP contribution in [0.5, 0.6) is 0 Å². The average Bonchev–Trinajstić information content (AvgIpc) is 3.19. The van der Waals surface area contributed by atoms with E-state index in [9.17, 15) is 23.9 Å². The molecule has 3 heterocycles. The lowest BCUT2D eigenvalue weighted by Crippen LogP contribution is -2.51. The minimum absolute atomic E-state index is 0.00614. The lowest BCUT2D eigenvalue weighted by Gasteiger charge is -2.37. The predicted octanol–water partition coefficient (Wildman–Crippen LogP) is 3.76. The van der Waals surface area contributed by atoms with Crippen molar-refractivity contribution in [2.24, 2.45) is 5.92 Å². The smallest absolute Gasteiger partial charge is 0.357 e. The predicted molar refractivity (Wildman–Crippen MR) is 119 cm³/mol. The number of carboxylic acid groups (broad SMARTS) is 1. The summed E-state index contributed by atoms with van der Waals surface area (Å²) in [5.41, 5.74) is -1.93. The van der Waals surface area contributed by atoms with Gasteiger partial charge >= 0.3 is 5.97 Å². The number of amides is 1. The summed E-state index contributed by atoms with van der Waals surface area (Å²) < 4.78 is 43.6. The summed E-state index contributed by atoms with van der Waals surface area (Å²) in [5.74, 6) is -4.23. The van der Waals surface area contributed by atoms with Crippen molar-refractivity contribution in [3.05, 3.63) is 57.0 Å². The number of likely N-dealkylation sites (tertiary alicyclic amines) is 1. The molecular weight excluding hydrogens is 465 g/mol. The lowest BCUT2D eigenvalue weighted by atomic mass is 9.83. The Morgan fingerprint density at radius 2 is 1.74 bits per heavy atom. The van der Waals surface area contributed by atoms with Crippen LogP contribution in [0.4, 0.5) is 13.2 Å². The van der Waals surface area contributed by atoms with Crippen LogP contribution in [0.2, 0.25) is 0 Å². The van der Waals surface area contributed by atoms with Crippen LogP contribution >= 0.6 is 0 Å². The second kappa shape index (κ2) is 8.86. The molecule has 2 N–H and O–H groups in total. The first kappa shape index (κ1) is 23.1. The molecule has 11 heteroatoms. The van der Waals surface area contributed by atoms with Crippen molar-refractivity contribution in [2.45, 2.75) is 38.0 Å². The van der Waals surface area contributed by atoms with Crippen molar-refractivity contribution < 1.29 is 27.9 Å². The third-order valence-electron chi connectivity index (χ3n) is 6.90. The minimum Gasteiger partial charge on any atom is -0.476 e. The number of fused-ring (bicyclic) bond motifs is 1. The fourth-order valence-corrected chi connectivity index (χ4v) is 5.06. The van der Waals surface area contributed by atoms with Crippen molar-refractivity contribution in [2.75, 3.05) is 19.8 Å². The van der Waals surface area contributed by atoms with Crippen LogP contribution in [0, 0.1) is 17.6 Å². The van der Waals surface area contributed by atoms with Crippen LogP contribution in [0.25, 0.3) is 16.9 Å². The Morgan fingerprint density at radius 3 is 2.34 bits per heavy atom. The Hall–Kier alpha value is -3.63. The van der Waals surface area contributed by atoms with Gasteiger partial charge in [0.15, 0.2) is 11.3 Å². The van der Waals surface area contributed by atoms with Crippen LogP contribution in [-0.2, 0) is 0 Å². The molecule has 2 aliphatic rings. The summed E-state index contributed by atoms with van der Waals surface area (Å²) in [6.07, 6.45) is 4.25. The molecule has 1 aliphatic carbocycles. The number of alkyl halides is 1. The molecular formula is C24H23F3N4O4. The monoisotopic (exact) mass is 488 g/mol. The van der Waals surface area contributed by atoms with Gasteiger partial charge in [0.25, 0.3) is 11.5 Å². The Balaban J connectivity index is 1.60. The largest absolute Gasteiger partial charge is 0.476 e. The lowest BCUT2D eigenvalue weighted by molar-refractivity contribution is 0.0447. The molecule has 3 aromatic rings. The molecule has 184 valence electrons. The molecule has 0 radical (unpaired) electrons. The fourth-order valence-electron chi connectivity index (χ4n) is 5.06. The molecule has 2 fully saturated rings. The first-order chi connectivity index (χ1) is 16.8. The number of carboxylic acids is 1. The molecule has 1 amide bonds. The Bertz CT molecular complexity index is 1360. The average molecular weight is 488 g/mol. The maximum Gasteiger partial charge on any atom is 0.357 e. The summed E-state index contributed by atoms with van der Waals surface area (Å²) in [4.78, 5) is 41.6. The van der Waals surface area contributed by atoms with Gasteiger partial charge in [-0.3, -0.25) is 14.0 Å². The summed E-state index contributed by atoms with van der Waals surface area (Å²) in [6, 6.07) is 3.30. The maximum atomic E-state index is 15.0. The topological polar surface area (TPSA) is 108 Å². The highest BCUT2D eigenvalue weighted by molar-refractivity contribution is 6.08. The highest BCUT2D eigenvalue weighted by Crippen LogP contribution is 2.37. The number of carbonyl (C=O) groups excluding carboxylic acids is 1. The summed E-state index contributed by atoms with van der Waals surface area (Å²) >= 11 is 0. The van der Waals surface area contributed by atoms with Crippen LogP contribution < -0.4 is 5.56 Å². The number of aromatic carboxylic acids is 1. The number of hydrogen-bond donors (Lipinski definition) is 2. The molecule has 0 atom stereocenters. The quantitative estimate of drug-likeness (QED) is 0.569. The molecule has 2 aromatic heterocycles. The SMILES string of the molecule is O=C(O)c1nn2c(=O)cc(-c3cc(F)c(C4CCCCC4)c(F)c3)[nH]c2c1C(=O)N1CC(CF)C1. The number of benzene rings is 1. The molecule has 5 rings (SSSR count). The number of nitrogens with one attached hydrogen (secondary N) is 1. The van der Waals surface area contributed by atoms with Crippen LogP contribution in [0.3, 0.4) is 0 Å². The van der Waals surface area contributed by atoms with Gasteiger partial charge in [-0.15, -0.1) is 0 Å². The zero-order chi connectivity index (χ0) is 24.9. The summed E-state index contributed by atoms with van der Waals surface area (Å²) in [7, 11) is 0. The first-order valence-corrected chi connectivity index (χ1v) is 11.5. The molecule has 8 nitrogen and oxygen atoms in total. The van der Waals surface area contributed by atoms with Gasteiger partial charge in [0.2, 0.25) is 0 Å². The number of aromatic nitrogens is 3. The third kappa shape index (κ3) is 3.98. The number of nitrogens with zero attached hydrogens (tertiary/aromatic N) is 3. The van der Waals surface area contributed by atoms with E-state index in [1.54, 1.807) is 0 Å². The van der Waals surface area contributed by atoms with Gasteiger partial charge in [-0.2, -0.15) is 9.61 Å². The van der Waals surface area contributed by atoms with E-state index in [1.807, 2.05) is 0 Å². The first-order valence-electron chi connectivity index (χ1n) is 11.5. The number of H-pyrrole nitrogens is 1. The van der Waals surface area contributed by atoms with Crippen LogP contribution in [0.1, 0.15) is 64.4 Å². The van der Waals surface area contributed by atoms with Gasteiger partial charge in [0, 0.05) is 36.2 Å². The molecule has 0 bridgehead atoms. The van der Waals surface area contributed by atoms with Crippen molar-refractivity contribution in [1.82, 2.24) is 19.5 Å². The second-order valence-electron chi connectivity index (χ2n) is 9.23. The molecule has 1 saturated heterocycles. The number of rotatable bonds is 5. The van der Waals surface area contributed by atoms with Crippen molar-refractivity contribution in [3.8, 4) is 11.3 Å². The number of halogens is 3. The zero-order valence-corrected chi connectivity index (χ0v) is 18.7. The van der Waals surface area contributed by atoms with E-state index in [1.165, 1.54) is 4.90 Å². The number of carbonyl (C=O) groups is 2. The molecule has 1 aliphatic heterocycles. The Morgan fingerprint density at radius 1 is 1.09 bits per heavy atom. The van der Waals surface area contributed by atoms with E-state index in [0.29, 0.717) is 12.8 Å². The van der Waals surface area contributed by atoms with E-state index >= 15 is 8.78 Å². The van der Waals surface area contributed by atoms with E-state index in [-0.39, 0.29) is 53.0 Å². The van der Waals surface area contributed by atoms with E-state index in [2.05, 4.69) is 10.1 Å². The highest BCUT2D eigenvalue weighted by Gasteiger charge is 2.36. The summed E-state index contributed by atoms with van der Waals surface area (Å²) in [5, 5.41) is 13.3. The van der Waals surface area contributed by atoms with E-state index in [0.717, 1.165) is 42.0 Å². The van der Waals surface area contributed by atoms with Gasteiger partial charge in [-0.25, -0.2) is 13.6 Å². The van der Waals surface area contributed by atoms with Crippen molar-refractivity contribution in [1.29, 1.82) is 0 Å². The van der Waals surface area contributed by atoms with Crippen LogP contribution in [-0.4, -0.2) is 56.2 Å². The molecule has 1 aromatic carbocycles. The molecule has 35 heavy (non-hydrogen) atoms. The van der Waals surface area contributed by atoms with Gasteiger partial charge in [-0.1, -0.05) is 19.3 Å². The Labute approximate surface area is 197 Å². The minimum atomic E-state index is -1.53. The van der Waals surface area contributed by atoms with Gasteiger partial charge < -0.3 is 15.0 Å². The van der Waals surface area contributed by atoms with Gasteiger partial charge in [-0.05, 0) is 30.9 Å². The maximum absolute atomic E-state index is 15.0. The number of aromatic amines is 1. The highest BCUT2D eigenvalue weighted by atomic mass is 19.1. The molecule has 1 saturated carbocycles.